The molecule has 0 aliphatic carbocycles. The van der Waals surface area contributed by atoms with Gasteiger partial charge in [0.05, 0.1) is 26.8 Å². The molecule has 26 heavy (non-hydrogen) atoms. The summed E-state index contributed by atoms with van der Waals surface area (Å²) in [5, 5.41) is 5.50. The lowest BCUT2D eigenvalue weighted by molar-refractivity contribution is -0.120. The zero-order chi connectivity index (χ0) is 19.1. The van der Waals surface area contributed by atoms with Crippen LogP contribution >= 0.6 is 0 Å². The number of benzene rings is 2. The molecular formula is C20H24N2O4. The lowest BCUT2D eigenvalue weighted by Crippen LogP contribution is -2.38. The van der Waals surface area contributed by atoms with Gasteiger partial charge in [-0.15, -0.1) is 0 Å². The first-order valence-electron chi connectivity index (χ1n) is 8.31. The second-order valence-corrected chi connectivity index (χ2v) is 5.90. The Balaban J connectivity index is 1.93. The van der Waals surface area contributed by atoms with Crippen LogP contribution in [0.25, 0.3) is 0 Å². The zero-order valence-electron chi connectivity index (χ0n) is 15.5. The van der Waals surface area contributed by atoms with Gasteiger partial charge >= 0.3 is 0 Å². The Morgan fingerprint density at radius 1 is 1.04 bits per heavy atom. The maximum atomic E-state index is 12.2. The molecule has 2 rings (SSSR count). The largest absolute Gasteiger partial charge is 0.493 e. The fourth-order valence-electron chi connectivity index (χ4n) is 2.58. The molecule has 0 radical (unpaired) electrons. The van der Waals surface area contributed by atoms with E-state index in [1.54, 1.807) is 32.4 Å². The van der Waals surface area contributed by atoms with Crippen molar-refractivity contribution in [3.8, 4) is 11.5 Å². The molecular weight excluding hydrogens is 332 g/mol. The Bertz CT molecular complexity index is 789. The minimum Gasteiger partial charge on any atom is -0.493 e. The van der Waals surface area contributed by atoms with Crippen LogP contribution in [-0.4, -0.2) is 32.6 Å². The van der Waals surface area contributed by atoms with Gasteiger partial charge in [0.1, 0.15) is 0 Å². The van der Waals surface area contributed by atoms with E-state index in [1.807, 2.05) is 38.1 Å². The molecule has 2 N–H and O–H groups in total. The molecule has 2 aromatic rings. The minimum absolute atomic E-state index is 0.0925. The number of aryl methyl sites for hydroxylation is 1. The SMILES string of the molecule is COc1ccc(C(C)NC(=O)CNC(=O)c2ccccc2C)cc1OC. The fourth-order valence-corrected chi connectivity index (χ4v) is 2.58. The quantitative estimate of drug-likeness (QED) is 0.800. The number of hydrogen-bond donors (Lipinski definition) is 2. The topological polar surface area (TPSA) is 76.7 Å². The lowest BCUT2D eigenvalue weighted by atomic mass is 10.1. The van der Waals surface area contributed by atoms with Crippen LogP contribution in [0, 0.1) is 6.92 Å². The molecule has 1 unspecified atom stereocenters. The number of rotatable bonds is 7. The molecule has 0 aliphatic heterocycles. The van der Waals surface area contributed by atoms with Crippen molar-refractivity contribution < 1.29 is 19.1 Å². The van der Waals surface area contributed by atoms with Crippen molar-refractivity contribution in [1.29, 1.82) is 0 Å². The van der Waals surface area contributed by atoms with E-state index in [2.05, 4.69) is 10.6 Å². The van der Waals surface area contributed by atoms with Crippen molar-refractivity contribution >= 4 is 11.8 Å². The van der Waals surface area contributed by atoms with E-state index in [1.165, 1.54) is 0 Å². The number of nitrogens with one attached hydrogen (secondary N) is 2. The van der Waals surface area contributed by atoms with Crippen molar-refractivity contribution in [3.63, 3.8) is 0 Å². The molecule has 2 aromatic carbocycles. The maximum absolute atomic E-state index is 12.2. The normalized spacial score (nSPS) is 11.4. The Hall–Kier alpha value is -3.02. The molecule has 0 fully saturated rings. The predicted molar refractivity (Wildman–Crippen MR) is 99.6 cm³/mol. The van der Waals surface area contributed by atoms with E-state index in [9.17, 15) is 9.59 Å². The summed E-state index contributed by atoms with van der Waals surface area (Å²) in [6, 6.07) is 12.5. The zero-order valence-corrected chi connectivity index (χ0v) is 15.5. The van der Waals surface area contributed by atoms with Gasteiger partial charge < -0.3 is 20.1 Å². The van der Waals surface area contributed by atoms with Crippen molar-refractivity contribution in [3.05, 3.63) is 59.2 Å². The minimum atomic E-state index is -0.269. The third kappa shape index (κ3) is 4.75. The van der Waals surface area contributed by atoms with Gasteiger partial charge in [-0.3, -0.25) is 9.59 Å². The smallest absolute Gasteiger partial charge is 0.251 e. The van der Waals surface area contributed by atoms with Crippen molar-refractivity contribution in [2.45, 2.75) is 19.9 Å². The van der Waals surface area contributed by atoms with Gasteiger partial charge in [-0.05, 0) is 43.2 Å². The van der Waals surface area contributed by atoms with E-state index >= 15 is 0 Å². The van der Waals surface area contributed by atoms with Crippen LogP contribution in [0.4, 0.5) is 0 Å². The Labute approximate surface area is 153 Å². The van der Waals surface area contributed by atoms with E-state index in [0.29, 0.717) is 17.1 Å². The second-order valence-electron chi connectivity index (χ2n) is 5.90. The van der Waals surface area contributed by atoms with Crippen LogP contribution in [0.1, 0.15) is 34.5 Å². The Morgan fingerprint density at radius 3 is 2.38 bits per heavy atom. The maximum Gasteiger partial charge on any atom is 0.251 e. The molecule has 1 atom stereocenters. The molecule has 0 saturated carbocycles. The van der Waals surface area contributed by atoms with E-state index in [0.717, 1.165) is 11.1 Å². The molecule has 0 saturated heterocycles. The average molecular weight is 356 g/mol. The van der Waals surface area contributed by atoms with Crippen LogP contribution in [0.2, 0.25) is 0 Å². The first-order chi connectivity index (χ1) is 12.5. The molecule has 2 amide bonds. The molecule has 138 valence electrons. The van der Waals surface area contributed by atoms with Crippen molar-refractivity contribution in [2.75, 3.05) is 20.8 Å². The van der Waals surface area contributed by atoms with Crippen LogP contribution in [0.5, 0.6) is 11.5 Å². The number of hydrogen-bond acceptors (Lipinski definition) is 4. The molecule has 0 aromatic heterocycles. The highest BCUT2D eigenvalue weighted by molar-refractivity contribution is 5.97. The van der Waals surface area contributed by atoms with Crippen LogP contribution < -0.4 is 20.1 Å². The summed E-state index contributed by atoms with van der Waals surface area (Å²) in [6.45, 7) is 3.63. The Kier molecular flexibility index (Phi) is 6.60. The second kappa shape index (κ2) is 8.89. The highest BCUT2D eigenvalue weighted by Crippen LogP contribution is 2.29. The van der Waals surface area contributed by atoms with Gasteiger partial charge in [0, 0.05) is 5.56 Å². The third-order valence-electron chi connectivity index (χ3n) is 4.08. The summed E-state index contributed by atoms with van der Waals surface area (Å²) >= 11 is 0. The Morgan fingerprint density at radius 2 is 1.73 bits per heavy atom. The van der Waals surface area contributed by atoms with Gasteiger partial charge in [-0.1, -0.05) is 24.3 Å². The molecule has 6 nitrogen and oxygen atoms in total. The first-order valence-corrected chi connectivity index (χ1v) is 8.31. The molecule has 0 heterocycles. The summed E-state index contributed by atoms with van der Waals surface area (Å²) in [5.41, 5.74) is 2.30. The van der Waals surface area contributed by atoms with E-state index < -0.39 is 0 Å². The number of methoxy groups -OCH3 is 2. The van der Waals surface area contributed by atoms with Crippen LogP contribution in [0.3, 0.4) is 0 Å². The van der Waals surface area contributed by atoms with Gasteiger partial charge in [0.2, 0.25) is 5.91 Å². The van der Waals surface area contributed by atoms with E-state index in [-0.39, 0.29) is 24.4 Å². The number of carbonyl (C=O) groups excluding carboxylic acids is 2. The molecule has 0 aliphatic rings. The fraction of sp³-hybridized carbons (Fsp3) is 0.300. The predicted octanol–water partition coefficient (Wildman–Crippen LogP) is 2.62. The average Bonchev–Trinajstić information content (AvgIpc) is 2.65. The van der Waals surface area contributed by atoms with Gasteiger partial charge in [0.25, 0.3) is 5.91 Å². The molecule has 0 spiro atoms. The van der Waals surface area contributed by atoms with Crippen molar-refractivity contribution in [2.24, 2.45) is 0 Å². The summed E-state index contributed by atoms with van der Waals surface area (Å²) in [6.07, 6.45) is 0. The van der Waals surface area contributed by atoms with Crippen LogP contribution in [0.15, 0.2) is 42.5 Å². The van der Waals surface area contributed by atoms with Crippen molar-refractivity contribution in [1.82, 2.24) is 10.6 Å². The van der Waals surface area contributed by atoms with Gasteiger partial charge in [0.15, 0.2) is 11.5 Å². The summed E-state index contributed by atoms with van der Waals surface area (Å²) in [4.78, 5) is 24.3. The first kappa shape index (κ1) is 19.3. The van der Waals surface area contributed by atoms with Gasteiger partial charge in [-0.2, -0.15) is 0 Å². The van der Waals surface area contributed by atoms with Crippen LogP contribution in [-0.2, 0) is 4.79 Å². The summed E-state index contributed by atoms with van der Waals surface area (Å²) < 4.78 is 10.5. The highest BCUT2D eigenvalue weighted by atomic mass is 16.5. The number of amides is 2. The lowest BCUT2D eigenvalue weighted by Gasteiger charge is -2.17. The summed E-state index contributed by atoms with van der Waals surface area (Å²) in [5.74, 6) is 0.686. The van der Waals surface area contributed by atoms with E-state index in [4.69, 9.17) is 9.47 Å². The number of ether oxygens (including phenoxy) is 2. The third-order valence-corrected chi connectivity index (χ3v) is 4.08. The van der Waals surface area contributed by atoms with Gasteiger partial charge in [-0.25, -0.2) is 0 Å². The molecule has 6 heteroatoms. The molecule has 0 bridgehead atoms. The summed E-state index contributed by atoms with van der Waals surface area (Å²) in [7, 11) is 3.13. The number of carbonyl (C=O) groups is 2. The monoisotopic (exact) mass is 356 g/mol. The standard InChI is InChI=1S/C20H24N2O4/c1-13-7-5-6-8-16(13)20(24)21-12-19(23)22-14(2)15-9-10-17(25-3)18(11-15)26-4/h5-11,14H,12H2,1-4H3,(H,21,24)(H,22,23). The highest BCUT2D eigenvalue weighted by Gasteiger charge is 2.14.